The van der Waals surface area contributed by atoms with E-state index in [9.17, 15) is 0 Å². The normalized spacial score (nSPS) is 11.2. The predicted octanol–water partition coefficient (Wildman–Crippen LogP) is 6.55. The van der Waals surface area contributed by atoms with Crippen molar-refractivity contribution in [1.82, 2.24) is 6.15 Å². The molecule has 0 saturated carbocycles. The van der Waals surface area contributed by atoms with Gasteiger partial charge in [-0.05, 0) is 19.1 Å². The molecular weight excluding hydrogens is 344 g/mol. The van der Waals surface area contributed by atoms with Crippen molar-refractivity contribution in [2.45, 2.75) is 51.7 Å². The first-order valence-corrected chi connectivity index (χ1v) is 15.3. The molecule has 0 spiro atoms. The summed E-state index contributed by atoms with van der Waals surface area (Å²) < 4.78 is 0. The van der Waals surface area contributed by atoms with Gasteiger partial charge in [-0.1, -0.05) is 32.6 Å². The van der Waals surface area contributed by atoms with Crippen molar-refractivity contribution < 1.29 is 0 Å². The minimum Gasteiger partial charge on any atom is -0.344 e. The first kappa shape index (κ1) is 23.0. The lowest BCUT2D eigenvalue weighted by atomic mass is 10.2. The number of hydrogen-bond acceptors (Lipinski definition) is 1. The first-order valence-electron chi connectivity index (χ1n) is 5.01. The quantitative estimate of drug-likeness (QED) is 0.334. The average molecular weight is 366 g/mol. The second-order valence-corrected chi connectivity index (χ2v) is 21.9. The monoisotopic (exact) mass is 363 g/mol. The van der Waals surface area contributed by atoms with Gasteiger partial charge >= 0.3 is 6.00 Å². The predicted molar refractivity (Wildman–Crippen MR) is 86.5 cm³/mol. The molecule has 16 heavy (non-hydrogen) atoms. The molecule has 0 aromatic heterocycles. The standard InChI is InChI=1S/C6H13Cl3Si.C2H6Cl2Si.H3N/c1-2-3-4-5-6-10(7,8)9;1-5(2,3)4;/h2-6H2,1H3;1-2H3;1H3. The van der Waals surface area contributed by atoms with Crippen LogP contribution in [0.4, 0.5) is 0 Å². The van der Waals surface area contributed by atoms with Gasteiger partial charge in [0.1, 0.15) is 0 Å². The maximum absolute atomic E-state index is 5.68. The van der Waals surface area contributed by atoms with E-state index >= 15 is 0 Å². The molecule has 0 radical (unpaired) electrons. The lowest BCUT2D eigenvalue weighted by molar-refractivity contribution is 0.700. The van der Waals surface area contributed by atoms with Crippen LogP contribution in [0.1, 0.15) is 32.6 Å². The Balaban J connectivity index is -0.000000242. The van der Waals surface area contributed by atoms with Crippen LogP contribution < -0.4 is 6.15 Å². The molecule has 0 aromatic rings. The zero-order valence-electron chi connectivity index (χ0n) is 10.1. The van der Waals surface area contributed by atoms with Crippen molar-refractivity contribution in [3.05, 3.63) is 0 Å². The van der Waals surface area contributed by atoms with Crippen LogP contribution in [0.2, 0.25) is 19.1 Å². The van der Waals surface area contributed by atoms with Gasteiger partial charge in [0, 0.05) is 0 Å². The Morgan fingerprint density at radius 3 is 1.44 bits per heavy atom. The van der Waals surface area contributed by atoms with Crippen molar-refractivity contribution in [1.29, 1.82) is 0 Å². The molecule has 0 bridgehead atoms. The van der Waals surface area contributed by atoms with E-state index in [1.807, 2.05) is 13.1 Å². The van der Waals surface area contributed by atoms with Crippen LogP contribution in [0.5, 0.6) is 0 Å². The smallest absolute Gasteiger partial charge is 0.341 e. The Morgan fingerprint density at radius 1 is 0.812 bits per heavy atom. The van der Waals surface area contributed by atoms with E-state index in [1.165, 1.54) is 19.3 Å². The van der Waals surface area contributed by atoms with Gasteiger partial charge in [0.05, 0.1) is 0 Å². The fourth-order valence-electron chi connectivity index (χ4n) is 0.752. The van der Waals surface area contributed by atoms with E-state index in [4.69, 9.17) is 55.4 Å². The summed E-state index contributed by atoms with van der Waals surface area (Å²) in [5, 5.41) is 0. The van der Waals surface area contributed by atoms with Crippen LogP contribution in [0.25, 0.3) is 0 Å². The highest BCUT2D eigenvalue weighted by Crippen LogP contribution is 2.27. The zero-order chi connectivity index (χ0) is 12.5. The second kappa shape index (κ2) is 11.9. The maximum atomic E-state index is 5.68. The highest BCUT2D eigenvalue weighted by atomic mass is 35.8. The molecule has 0 atom stereocenters. The zero-order valence-corrected chi connectivity index (χ0v) is 15.9. The lowest BCUT2D eigenvalue weighted by Crippen LogP contribution is -2.07. The summed E-state index contributed by atoms with van der Waals surface area (Å²) in [7, 11) is 0. The largest absolute Gasteiger partial charge is 0.344 e. The van der Waals surface area contributed by atoms with Gasteiger partial charge in [-0.25, -0.2) is 0 Å². The lowest BCUT2D eigenvalue weighted by Gasteiger charge is -2.05. The van der Waals surface area contributed by atoms with Crippen molar-refractivity contribution in [3.63, 3.8) is 0 Å². The maximum Gasteiger partial charge on any atom is 0.341 e. The minimum atomic E-state index is -2.29. The van der Waals surface area contributed by atoms with Crippen LogP contribution in [0.3, 0.4) is 0 Å². The molecule has 1 nitrogen and oxygen atoms in total. The van der Waals surface area contributed by atoms with Crippen LogP contribution in [0.15, 0.2) is 0 Å². The van der Waals surface area contributed by atoms with Gasteiger partial charge in [0.2, 0.25) is 6.69 Å². The average Bonchev–Trinajstić information content (AvgIpc) is 1.93. The SMILES string of the molecule is CCCCCC[Si](Cl)(Cl)Cl.C[Si](C)(Cl)Cl.N. The van der Waals surface area contributed by atoms with Gasteiger partial charge in [-0.2, -0.15) is 0 Å². The van der Waals surface area contributed by atoms with E-state index in [0.717, 1.165) is 12.5 Å². The summed E-state index contributed by atoms with van der Waals surface area (Å²) in [5.74, 6) is 0. The molecule has 0 aliphatic heterocycles. The van der Waals surface area contributed by atoms with Crippen LogP contribution in [-0.4, -0.2) is 12.7 Å². The molecule has 8 heteroatoms. The van der Waals surface area contributed by atoms with E-state index in [1.54, 1.807) is 0 Å². The fraction of sp³-hybridized carbons (Fsp3) is 1.00. The van der Waals surface area contributed by atoms with Crippen LogP contribution in [-0.2, 0) is 0 Å². The number of hydrogen-bond donors (Lipinski definition) is 1. The van der Waals surface area contributed by atoms with Gasteiger partial charge in [-0.3, -0.25) is 0 Å². The highest BCUT2D eigenvalue weighted by molar-refractivity contribution is 7.64. The molecule has 0 aliphatic rings. The van der Waals surface area contributed by atoms with E-state index < -0.39 is 12.7 Å². The third-order valence-corrected chi connectivity index (χ3v) is 3.94. The first-order chi connectivity index (χ1) is 6.56. The number of rotatable bonds is 5. The summed E-state index contributed by atoms with van der Waals surface area (Å²) in [5.41, 5.74) is 0. The fourth-order valence-corrected chi connectivity index (χ4v) is 2.61. The molecule has 0 unspecified atom stereocenters. The summed E-state index contributed by atoms with van der Waals surface area (Å²) in [6.07, 6.45) is 4.78. The van der Waals surface area contributed by atoms with Gasteiger partial charge in [-0.15, -0.1) is 55.4 Å². The summed E-state index contributed by atoms with van der Waals surface area (Å²) in [6, 6.07) is -1.47. The summed E-state index contributed by atoms with van der Waals surface area (Å²) in [6.45, 7) is 4.22. The summed E-state index contributed by atoms with van der Waals surface area (Å²) in [4.78, 5) is 0. The van der Waals surface area contributed by atoms with Crippen molar-refractivity contribution in [3.8, 4) is 0 Å². The van der Waals surface area contributed by atoms with Crippen molar-refractivity contribution in [2.24, 2.45) is 0 Å². The molecule has 0 rings (SSSR count). The molecular formula is C8H22Cl5NSi2. The Kier molecular flexibility index (Phi) is 17.1. The van der Waals surface area contributed by atoms with E-state index in [-0.39, 0.29) is 6.15 Å². The van der Waals surface area contributed by atoms with Crippen molar-refractivity contribution >= 4 is 68.1 Å². The molecule has 0 aliphatic carbocycles. The highest BCUT2D eigenvalue weighted by Gasteiger charge is 2.23. The van der Waals surface area contributed by atoms with Crippen LogP contribution in [0, 0.1) is 0 Å². The molecule has 0 aromatic carbocycles. The third kappa shape index (κ3) is 44.6. The molecule has 0 saturated heterocycles. The molecule has 3 N–H and O–H groups in total. The second-order valence-electron chi connectivity index (χ2n) is 3.75. The molecule has 0 fully saturated rings. The Hall–Kier alpha value is 1.84. The van der Waals surface area contributed by atoms with E-state index in [2.05, 4.69) is 6.92 Å². The molecule has 102 valence electrons. The Bertz CT molecular complexity index is 140. The topological polar surface area (TPSA) is 35.0 Å². The van der Waals surface area contributed by atoms with Gasteiger partial charge in [0.15, 0.2) is 0 Å². The number of unbranched alkanes of at least 4 members (excludes halogenated alkanes) is 3. The molecule has 0 heterocycles. The third-order valence-electron chi connectivity index (χ3n) is 1.31. The molecule has 0 amide bonds. The van der Waals surface area contributed by atoms with Crippen LogP contribution >= 0.6 is 55.4 Å². The Morgan fingerprint density at radius 2 is 1.19 bits per heavy atom. The van der Waals surface area contributed by atoms with Gasteiger partial charge in [0.25, 0.3) is 0 Å². The Labute approximate surface area is 125 Å². The van der Waals surface area contributed by atoms with Gasteiger partial charge < -0.3 is 6.15 Å². The number of halogens is 5. The van der Waals surface area contributed by atoms with Crippen molar-refractivity contribution in [2.75, 3.05) is 0 Å². The van der Waals surface area contributed by atoms with E-state index in [0.29, 0.717) is 0 Å². The minimum absolute atomic E-state index is 0. The summed E-state index contributed by atoms with van der Waals surface area (Å²) >= 11 is 27.9.